The number of nitrogens with one attached hydrogen (secondary N) is 1. The van der Waals surface area contributed by atoms with Gasteiger partial charge in [0.05, 0.1) is 13.2 Å². The van der Waals surface area contributed by atoms with Crippen LogP contribution in [0.5, 0.6) is 5.75 Å². The van der Waals surface area contributed by atoms with Crippen molar-refractivity contribution in [1.29, 1.82) is 0 Å². The van der Waals surface area contributed by atoms with Crippen LogP contribution in [0.2, 0.25) is 0 Å². The fourth-order valence-electron chi connectivity index (χ4n) is 3.93. The van der Waals surface area contributed by atoms with Crippen molar-refractivity contribution in [1.82, 2.24) is 10.4 Å². The van der Waals surface area contributed by atoms with Gasteiger partial charge in [-0.3, -0.25) is 15.0 Å². The number of amides is 2. The fraction of sp³-hybridized carbons (Fsp3) is 0.467. The molecular weight excluding hydrogens is 436 g/mol. The maximum atomic E-state index is 14.0. The number of methoxy groups -OCH3 is 1. The average Bonchev–Trinajstić information content (AvgIpc) is 2.73. The Bertz CT molecular complexity index is 1100. The molecular formula is C30H42N2O3. The van der Waals surface area contributed by atoms with Gasteiger partial charge < -0.3 is 4.74 Å². The number of allylic oxidation sites excluding steroid dienone is 1. The molecule has 0 aliphatic heterocycles. The van der Waals surface area contributed by atoms with E-state index in [0.717, 1.165) is 22.3 Å². The van der Waals surface area contributed by atoms with Crippen molar-refractivity contribution >= 4 is 11.8 Å². The second-order valence-electron chi connectivity index (χ2n) is 11.5. The summed E-state index contributed by atoms with van der Waals surface area (Å²) in [6.07, 6.45) is 2.11. The maximum Gasteiger partial charge on any atom is 0.272 e. The highest BCUT2D eigenvalue weighted by Crippen LogP contribution is 2.32. The maximum absolute atomic E-state index is 14.0. The van der Waals surface area contributed by atoms with Crippen LogP contribution in [-0.2, 0) is 0 Å². The summed E-state index contributed by atoms with van der Waals surface area (Å²) in [6.45, 7) is 20.5. The molecule has 0 bridgehead atoms. The zero-order valence-electron chi connectivity index (χ0n) is 23.3. The first-order valence-corrected chi connectivity index (χ1v) is 12.1. The second-order valence-corrected chi connectivity index (χ2v) is 11.5. The van der Waals surface area contributed by atoms with Crippen molar-refractivity contribution in [2.45, 2.75) is 75.3 Å². The summed E-state index contributed by atoms with van der Waals surface area (Å²) in [7, 11) is 1.58. The summed E-state index contributed by atoms with van der Waals surface area (Å²) in [6, 6.07) is 10.7. The Balaban J connectivity index is 2.67. The van der Waals surface area contributed by atoms with Gasteiger partial charge in [-0.15, -0.1) is 0 Å². The number of carbonyl (C=O) groups is 2. The Hall–Kier alpha value is -3.08. The van der Waals surface area contributed by atoms with Gasteiger partial charge in [-0.2, -0.15) is 0 Å². The van der Waals surface area contributed by atoms with Gasteiger partial charge in [0.25, 0.3) is 11.8 Å². The van der Waals surface area contributed by atoms with E-state index in [0.29, 0.717) is 16.9 Å². The van der Waals surface area contributed by atoms with Crippen molar-refractivity contribution in [3.05, 3.63) is 75.9 Å². The zero-order valence-corrected chi connectivity index (χ0v) is 23.3. The summed E-state index contributed by atoms with van der Waals surface area (Å²) in [5.74, 6) is 0.0273. The highest BCUT2D eigenvalue weighted by atomic mass is 16.5. The lowest BCUT2D eigenvalue weighted by Gasteiger charge is -2.39. The van der Waals surface area contributed by atoms with Gasteiger partial charge in [0.2, 0.25) is 0 Å². The molecule has 1 N–H and O–H groups in total. The summed E-state index contributed by atoms with van der Waals surface area (Å²) < 4.78 is 5.41. The van der Waals surface area contributed by atoms with Crippen LogP contribution in [0.25, 0.3) is 0 Å². The van der Waals surface area contributed by atoms with Crippen LogP contribution in [0.15, 0.2) is 48.0 Å². The van der Waals surface area contributed by atoms with E-state index < -0.39 is 0 Å². The Morgan fingerprint density at radius 3 is 2.03 bits per heavy atom. The molecule has 5 heteroatoms. The molecule has 0 radical (unpaired) electrons. The van der Waals surface area contributed by atoms with E-state index in [9.17, 15) is 9.59 Å². The van der Waals surface area contributed by atoms with Gasteiger partial charge in [-0.1, -0.05) is 76.5 Å². The predicted octanol–water partition coefficient (Wildman–Crippen LogP) is 6.81. The first-order valence-electron chi connectivity index (χ1n) is 12.1. The molecule has 0 heterocycles. The quantitative estimate of drug-likeness (QED) is 0.379. The Kier molecular flexibility index (Phi) is 8.59. The fourth-order valence-corrected chi connectivity index (χ4v) is 3.93. The second kappa shape index (κ2) is 10.7. The third-order valence-corrected chi connectivity index (χ3v) is 6.41. The summed E-state index contributed by atoms with van der Waals surface area (Å²) in [5, 5.41) is 1.50. The van der Waals surface area contributed by atoms with Gasteiger partial charge in [-0.05, 0) is 62.8 Å². The van der Waals surface area contributed by atoms with Crippen molar-refractivity contribution in [2.75, 3.05) is 7.11 Å². The van der Waals surface area contributed by atoms with E-state index in [-0.39, 0.29) is 28.7 Å². The molecule has 1 unspecified atom stereocenters. The highest BCUT2D eigenvalue weighted by Gasteiger charge is 2.35. The Morgan fingerprint density at radius 2 is 1.54 bits per heavy atom. The molecule has 0 aromatic heterocycles. The molecule has 5 nitrogen and oxygen atoms in total. The Labute approximate surface area is 211 Å². The number of hydrazine groups is 1. The minimum atomic E-state index is -0.384. The van der Waals surface area contributed by atoms with E-state index in [1.165, 1.54) is 5.01 Å². The third-order valence-electron chi connectivity index (χ3n) is 6.41. The summed E-state index contributed by atoms with van der Waals surface area (Å²) in [4.78, 5) is 27.5. The van der Waals surface area contributed by atoms with Gasteiger partial charge >= 0.3 is 0 Å². The number of ether oxygens (including phenoxy) is 1. The van der Waals surface area contributed by atoms with Crippen LogP contribution in [0.4, 0.5) is 0 Å². The van der Waals surface area contributed by atoms with E-state index in [1.807, 2.05) is 45.0 Å². The van der Waals surface area contributed by atoms with Crippen LogP contribution in [0.1, 0.15) is 85.9 Å². The highest BCUT2D eigenvalue weighted by molar-refractivity contribution is 6.00. The van der Waals surface area contributed by atoms with E-state index in [1.54, 1.807) is 19.2 Å². The van der Waals surface area contributed by atoms with Crippen LogP contribution in [-0.4, -0.2) is 30.0 Å². The number of carbonyl (C=O) groups excluding carboxylic acids is 2. The van der Waals surface area contributed by atoms with E-state index in [2.05, 4.69) is 60.0 Å². The molecule has 0 fully saturated rings. The van der Waals surface area contributed by atoms with E-state index >= 15 is 0 Å². The molecule has 0 spiro atoms. The molecule has 2 rings (SSSR count). The van der Waals surface area contributed by atoms with Crippen LogP contribution in [0.3, 0.4) is 0 Å². The lowest BCUT2D eigenvalue weighted by molar-refractivity contribution is 0.0390. The van der Waals surface area contributed by atoms with Gasteiger partial charge in [-0.25, -0.2) is 5.01 Å². The molecule has 190 valence electrons. The number of hydrogen-bond acceptors (Lipinski definition) is 3. The first-order chi connectivity index (χ1) is 16.1. The smallest absolute Gasteiger partial charge is 0.272 e. The first kappa shape index (κ1) is 28.2. The molecule has 0 saturated carbocycles. The number of rotatable bonds is 5. The molecule has 2 aromatic rings. The molecule has 0 aliphatic carbocycles. The van der Waals surface area contributed by atoms with Gasteiger partial charge in [0.1, 0.15) is 5.75 Å². The van der Waals surface area contributed by atoms with Gasteiger partial charge in [0, 0.05) is 16.7 Å². The molecule has 1 atom stereocenters. The lowest BCUT2D eigenvalue weighted by atomic mass is 9.80. The normalized spacial score (nSPS) is 13.3. The number of aryl methyl sites for hydroxylation is 2. The third kappa shape index (κ3) is 6.97. The van der Waals surface area contributed by atoms with Crippen molar-refractivity contribution in [2.24, 2.45) is 10.8 Å². The molecule has 35 heavy (non-hydrogen) atoms. The average molecular weight is 479 g/mol. The van der Waals surface area contributed by atoms with Crippen molar-refractivity contribution in [3.63, 3.8) is 0 Å². The van der Waals surface area contributed by atoms with Crippen LogP contribution < -0.4 is 10.2 Å². The number of nitrogens with zero attached hydrogens (tertiary/aromatic N) is 1. The molecule has 2 aromatic carbocycles. The van der Waals surface area contributed by atoms with Crippen LogP contribution in [0, 0.1) is 31.6 Å². The van der Waals surface area contributed by atoms with Crippen LogP contribution >= 0.6 is 0 Å². The summed E-state index contributed by atoms with van der Waals surface area (Å²) in [5.41, 5.74) is 7.41. The standard InChI is InChI=1S/C30H42N2O3/c1-19-15-20(2)17-23(16-19)28(34)32(26(30(8,9)10)18-21(3)29(5,6)7)31-27(33)24-13-12-14-25(35-11)22(24)4/h12-18,26H,1-11H3,(H,31,33)/b21-18+. The minimum Gasteiger partial charge on any atom is -0.496 e. The largest absolute Gasteiger partial charge is 0.496 e. The number of hydrogen-bond donors (Lipinski definition) is 1. The number of benzene rings is 2. The zero-order chi connectivity index (χ0) is 26.7. The molecule has 0 saturated heterocycles. The van der Waals surface area contributed by atoms with E-state index in [4.69, 9.17) is 4.74 Å². The van der Waals surface area contributed by atoms with Crippen molar-refractivity contribution < 1.29 is 14.3 Å². The monoisotopic (exact) mass is 478 g/mol. The molecule has 2 amide bonds. The van der Waals surface area contributed by atoms with Crippen molar-refractivity contribution in [3.8, 4) is 5.75 Å². The molecule has 0 aliphatic rings. The Morgan fingerprint density at radius 1 is 0.971 bits per heavy atom. The minimum absolute atomic E-state index is 0.0778. The summed E-state index contributed by atoms with van der Waals surface area (Å²) >= 11 is 0. The SMILES string of the molecule is COc1cccc(C(=O)NN(C(=O)c2cc(C)cc(C)c2)C(/C=C(\C)C(C)(C)C)C(C)(C)C)c1C. The topological polar surface area (TPSA) is 58.6 Å². The lowest BCUT2D eigenvalue weighted by Crippen LogP contribution is -2.55. The van der Waals surface area contributed by atoms with Gasteiger partial charge in [0.15, 0.2) is 0 Å². The predicted molar refractivity (Wildman–Crippen MR) is 144 cm³/mol.